The summed E-state index contributed by atoms with van der Waals surface area (Å²) in [5, 5.41) is 3.30. The Bertz CT molecular complexity index is 125. The molecule has 2 nitrogen and oxygen atoms in total. The van der Waals surface area contributed by atoms with Gasteiger partial charge in [0, 0.05) is 6.54 Å². The van der Waals surface area contributed by atoms with Crippen LogP contribution >= 0.6 is 0 Å². The van der Waals surface area contributed by atoms with E-state index in [2.05, 4.69) is 12.2 Å². The second kappa shape index (κ2) is 2.21. The van der Waals surface area contributed by atoms with Gasteiger partial charge in [0.25, 0.3) is 0 Å². The van der Waals surface area contributed by atoms with Crippen LogP contribution in [0.15, 0.2) is 0 Å². The first kappa shape index (κ1) is 6.62. The Labute approximate surface area is 61.9 Å². The van der Waals surface area contributed by atoms with E-state index in [1.165, 1.54) is 19.3 Å². The average molecular weight is 141 g/mol. The van der Waals surface area contributed by atoms with Gasteiger partial charge < -0.3 is 10.1 Å². The lowest BCUT2D eigenvalue weighted by atomic mass is 10.3. The van der Waals surface area contributed by atoms with Crippen LogP contribution in [0.4, 0.5) is 0 Å². The van der Waals surface area contributed by atoms with E-state index >= 15 is 0 Å². The molecule has 1 N–H and O–H groups in total. The van der Waals surface area contributed by atoms with Crippen LogP contribution < -0.4 is 5.32 Å². The zero-order chi connectivity index (χ0) is 7.03. The van der Waals surface area contributed by atoms with Crippen LogP contribution in [0.2, 0.25) is 0 Å². The maximum absolute atomic E-state index is 5.85. The van der Waals surface area contributed by atoms with Crippen molar-refractivity contribution < 1.29 is 4.74 Å². The minimum Gasteiger partial charge on any atom is -0.371 e. The third-order valence-electron chi connectivity index (χ3n) is 2.42. The zero-order valence-corrected chi connectivity index (χ0v) is 6.52. The van der Waals surface area contributed by atoms with E-state index in [1.807, 2.05) is 0 Å². The number of hydrogen-bond acceptors (Lipinski definition) is 2. The molecule has 1 saturated heterocycles. The van der Waals surface area contributed by atoms with Gasteiger partial charge in [0.1, 0.15) is 0 Å². The van der Waals surface area contributed by atoms with E-state index in [9.17, 15) is 0 Å². The number of nitrogens with one attached hydrogen (secondary N) is 1. The molecule has 2 fully saturated rings. The molecule has 10 heavy (non-hydrogen) atoms. The monoisotopic (exact) mass is 141 g/mol. The van der Waals surface area contributed by atoms with Crippen LogP contribution in [0.3, 0.4) is 0 Å². The summed E-state index contributed by atoms with van der Waals surface area (Å²) in [7, 11) is 0. The molecule has 0 aromatic rings. The molecule has 1 unspecified atom stereocenters. The lowest BCUT2D eigenvalue weighted by Gasteiger charge is -2.15. The average Bonchev–Trinajstić information content (AvgIpc) is 2.47. The molecule has 2 aliphatic rings. The Morgan fingerprint density at radius 3 is 2.80 bits per heavy atom. The lowest BCUT2D eigenvalue weighted by Crippen LogP contribution is -2.23. The summed E-state index contributed by atoms with van der Waals surface area (Å²) in [6.45, 7) is 4.42. The summed E-state index contributed by atoms with van der Waals surface area (Å²) < 4.78 is 5.85. The molecule has 0 amide bonds. The molecule has 1 heterocycles. The third kappa shape index (κ3) is 1.32. The van der Waals surface area contributed by atoms with E-state index in [0.717, 1.165) is 13.1 Å². The lowest BCUT2D eigenvalue weighted by molar-refractivity contribution is -0.00810. The minimum absolute atomic E-state index is 0.274. The van der Waals surface area contributed by atoms with Gasteiger partial charge in [0.2, 0.25) is 0 Å². The van der Waals surface area contributed by atoms with Crippen molar-refractivity contribution in [2.45, 2.75) is 37.9 Å². The Hall–Kier alpha value is -0.0800. The van der Waals surface area contributed by atoms with Gasteiger partial charge in [-0.15, -0.1) is 0 Å². The molecule has 2 heteroatoms. The molecule has 0 aromatic heterocycles. The van der Waals surface area contributed by atoms with Gasteiger partial charge in [0.15, 0.2) is 0 Å². The topological polar surface area (TPSA) is 21.3 Å². The quantitative estimate of drug-likeness (QED) is 0.617. The molecular weight excluding hydrogens is 126 g/mol. The van der Waals surface area contributed by atoms with E-state index < -0.39 is 0 Å². The van der Waals surface area contributed by atoms with Crippen LogP contribution in [0.5, 0.6) is 0 Å². The van der Waals surface area contributed by atoms with Crippen molar-refractivity contribution in [3.63, 3.8) is 0 Å². The predicted octanol–water partition coefficient (Wildman–Crippen LogP) is 0.917. The molecule has 2 rings (SSSR count). The minimum atomic E-state index is 0.274. The molecule has 58 valence electrons. The van der Waals surface area contributed by atoms with Gasteiger partial charge in [-0.3, -0.25) is 0 Å². The van der Waals surface area contributed by atoms with Crippen molar-refractivity contribution in [1.29, 1.82) is 0 Å². The first-order valence-electron chi connectivity index (χ1n) is 4.17. The molecule has 0 radical (unpaired) electrons. The Kier molecular flexibility index (Phi) is 1.46. The third-order valence-corrected chi connectivity index (χ3v) is 2.42. The summed E-state index contributed by atoms with van der Waals surface area (Å²) in [6.07, 6.45) is 4.25. The van der Waals surface area contributed by atoms with Crippen LogP contribution in [-0.4, -0.2) is 24.8 Å². The summed E-state index contributed by atoms with van der Waals surface area (Å²) in [5.74, 6) is 0. The second-order valence-electron chi connectivity index (χ2n) is 3.68. The maximum Gasteiger partial charge on any atom is 0.0718 e. The standard InChI is InChI=1S/C8H15NO/c1-8(3-4-8)10-7-2-5-9-6-7/h7,9H,2-6H2,1H3. The predicted molar refractivity (Wildman–Crippen MR) is 40.0 cm³/mol. The summed E-state index contributed by atoms with van der Waals surface area (Å²) in [5.41, 5.74) is 0.274. The van der Waals surface area contributed by atoms with Crippen LogP contribution in [-0.2, 0) is 4.74 Å². The molecule has 1 atom stereocenters. The molecule has 0 bridgehead atoms. The van der Waals surface area contributed by atoms with Crippen molar-refractivity contribution in [2.24, 2.45) is 0 Å². The summed E-state index contributed by atoms with van der Waals surface area (Å²) >= 11 is 0. The highest BCUT2D eigenvalue weighted by atomic mass is 16.5. The SMILES string of the molecule is CC1(OC2CCNC2)CC1. The maximum atomic E-state index is 5.85. The van der Waals surface area contributed by atoms with Gasteiger partial charge in [-0.05, 0) is 32.7 Å². The normalized spacial score (nSPS) is 36.3. The first-order valence-corrected chi connectivity index (χ1v) is 4.17. The molecule has 1 aliphatic heterocycles. The van der Waals surface area contributed by atoms with Gasteiger partial charge >= 0.3 is 0 Å². The van der Waals surface area contributed by atoms with Crippen molar-refractivity contribution >= 4 is 0 Å². The van der Waals surface area contributed by atoms with E-state index in [1.54, 1.807) is 0 Å². The molecule has 0 aromatic carbocycles. The van der Waals surface area contributed by atoms with Crippen LogP contribution in [0.25, 0.3) is 0 Å². The number of rotatable bonds is 2. The van der Waals surface area contributed by atoms with Gasteiger partial charge in [-0.2, -0.15) is 0 Å². The van der Waals surface area contributed by atoms with Crippen LogP contribution in [0.1, 0.15) is 26.2 Å². The molecular formula is C8H15NO. The molecule has 1 saturated carbocycles. The van der Waals surface area contributed by atoms with Crippen molar-refractivity contribution in [3.05, 3.63) is 0 Å². The smallest absolute Gasteiger partial charge is 0.0718 e. The van der Waals surface area contributed by atoms with Gasteiger partial charge in [-0.1, -0.05) is 0 Å². The Balaban J connectivity index is 1.78. The Morgan fingerprint density at radius 1 is 1.50 bits per heavy atom. The highest BCUT2D eigenvalue weighted by molar-refractivity contribution is 4.92. The number of ether oxygens (including phenoxy) is 1. The highest BCUT2D eigenvalue weighted by Crippen LogP contribution is 2.40. The van der Waals surface area contributed by atoms with E-state index in [0.29, 0.717) is 6.10 Å². The number of hydrogen-bond donors (Lipinski definition) is 1. The first-order chi connectivity index (χ1) is 4.79. The van der Waals surface area contributed by atoms with Gasteiger partial charge in [0.05, 0.1) is 11.7 Å². The molecule has 0 spiro atoms. The Morgan fingerprint density at radius 2 is 2.30 bits per heavy atom. The summed E-state index contributed by atoms with van der Waals surface area (Å²) in [4.78, 5) is 0. The highest BCUT2D eigenvalue weighted by Gasteiger charge is 2.41. The fourth-order valence-electron chi connectivity index (χ4n) is 1.43. The van der Waals surface area contributed by atoms with E-state index in [4.69, 9.17) is 4.74 Å². The van der Waals surface area contributed by atoms with Crippen molar-refractivity contribution in [3.8, 4) is 0 Å². The molecule has 1 aliphatic carbocycles. The second-order valence-corrected chi connectivity index (χ2v) is 3.68. The fourth-order valence-corrected chi connectivity index (χ4v) is 1.43. The van der Waals surface area contributed by atoms with Crippen LogP contribution in [0, 0.1) is 0 Å². The van der Waals surface area contributed by atoms with Gasteiger partial charge in [-0.25, -0.2) is 0 Å². The van der Waals surface area contributed by atoms with E-state index in [-0.39, 0.29) is 5.60 Å². The summed E-state index contributed by atoms with van der Waals surface area (Å²) in [6, 6.07) is 0. The zero-order valence-electron chi connectivity index (χ0n) is 6.52. The van der Waals surface area contributed by atoms with Crippen molar-refractivity contribution in [2.75, 3.05) is 13.1 Å². The largest absolute Gasteiger partial charge is 0.371 e. The fraction of sp³-hybridized carbons (Fsp3) is 1.00. The van der Waals surface area contributed by atoms with Crippen molar-refractivity contribution in [1.82, 2.24) is 5.32 Å².